The topological polar surface area (TPSA) is 78.7 Å². The van der Waals surface area contributed by atoms with E-state index in [2.05, 4.69) is 15.1 Å². The number of anilines is 1. The molecule has 4 rings (SSSR count). The molecule has 0 bridgehead atoms. The molecule has 1 aromatic heterocycles. The Balaban J connectivity index is 1.84. The van der Waals surface area contributed by atoms with Gasteiger partial charge >= 0.3 is 12.1 Å². The molecule has 10 heteroatoms. The zero-order chi connectivity index (χ0) is 22.2. The van der Waals surface area contributed by atoms with Crippen LogP contribution in [-0.2, 0) is 6.18 Å². The summed E-state index contributed by atoms with van der Waals surface area (Å²) in [4.78, 5) is 18.3. The summed E-state index contributed by atoms with van der Waals surface area (Å²) in [6.07, 6.45) is -4.17. The fourth-order valence-electron chi connectivity index (χ4n) is 3.32. The Morgan fingerprint density at radius 1 is 1.10 bits per heavy atom. The predicted octanol–water partition coefficient (Wildman–Crippen LogP) is 4.86. The van der Waals surface area contributed by atoms with E-state index in [0.717, 1.165) is 5.56 Å². The molecule has 1 aliphatic rings. The van der Waals surface area contributed by atoms with Crippen LogP contribution in [-0.4, -0.2) is 33.3 Å². The van der Waals surface area contributed by atoms with Crippen LogP contribution < -0.4 is 5.01 Å². The third-order valence-electron chi connectivity index (χ3n) is 4.75. The van der Waals surface area contributed by atoms with Crippen molar-refractivity contribution in [3.8, 4) is 0 Å². The van der Waals surface area contributed by atoms with Crippen molar-refractivity contribution in [1.82, 2.24) is 9.97 Å². The third-order valence-corrected chi connectivity index (χ3v) is 5.01. The summed E-state index contributed by atoms with van der Waals surface area (Å²) in [5.74, 6) is -3.62. The molecule has 3 aromatic rings. The number of halogens is 4. The summed E-state index contributed by atoms with van der Waals surface area (Å²) in [7, 11) is 0. The first-order valence-electron chi connectivity index (χ1n) is 9.08. The molecule has 158 valence electrons. The molecule has 2 heterocycles. The standard InChI is InChI=1S/C21H14ClF3N4O2/c22-14-8-6-13(7-9-14)17-16(12-4-2-1-3-5-12)11-29(28-17)18-15(19(30)31)10-26-20(27-18)21(23,24)25/h1-10,16H,11H2,(H,30,31)/t16-/m1/s1. The molecule has 1 N–H and O–H groups in total. The van der Waals surface area contributed by atoms with Gasteiger partial charge in [0.25, 0.3) is 0 Å². The number of hydrogen-bond acceptors (Lipinski definition) is 5. The second-order valence-electron chi connectivity index (χ2n) is 6.77. The molecule has 0 amide bonds. The Labute approximate surface area is 179 Å². The summed E-state index contributed by atoms with van der Waals surface area (Å²) >= 11 is 5.97. The van der Waals surface area contributed by atoms with Crippen molar-refractivity contribution in [1.29, 1.82) is 0 Å². The number of nitrogens with zero attached hydrogens (tertiary/aromatic N) is 4. The van der Waals surface area contributed by atoms with Gasteiger partial charge in [-0.25, -0.2) is 19.8 Å². The minimum absolute atomic E-state index is 0.108. The number of carboxylic acid groups (broad SMARTS) is 1. The van der Waals surface area contributed by atoms with Crippen LogP contribution in [0.2, 0.25) is 5.02 Å². The van der Waals surface area contributed by atoms with Gasteiger partial charge in [-0.2, -0.15) is 18.3 Å². The van der Waals surface area contributed by atoms with Crippen LogP contribution in [0, 0.1) is 0 Å². The highest BCUT2D eigenvalue weighted by molar-refractivity contribution is 6.30. The maximum atomic E-state index is 13.2. The van der Waals surface area contributed by atoms with E-state index in [1.165, 1.54) is 5.01 Å². The van der Waals surface area contributed by atoms with Crippen molar-refractivity contribution in [2.75, 3.05) is 11.6 Å². The van der Waals surface area contributed by atoms with E-state index in [1.54, 1.807) is 24.3 Å². The van der Waals surface area contributed by atoms with Crippen molar-refractivity contribution in [3.63, 3.8) is 0 Å². The fourth-order valence-corrected chi connectivity index (χ4v) is 3.45. The highest BCUT2D eigenvalue weighted by Crippen LogP contribution is 2.34. The number of benzene rings is 2. The monoisotopic (exact) mass is 446 g/mol. The molecule has 0 unspecified atom stereocenters. The molecule has 1 atom stereocenters. The van der Waals surface area contributed by atoms with Crippen molar-refractivity contribution < 1.29 is 23.1 Å². The average Bonchev–Trinajstić information content (AvgIpc) is 3.19. The maximum absolute atomic E-state index is 13.2. The van der Waals surface area contributed by atoms with Gasteiger partial charge in [0, 0.05) is 17.1 Å². The Hall–Kier alpha value is -3.46. The van der Waals surface area contributed by atoms with Crippen LogP contribution in [0.1, 0.15) is 33.2 Å². The highest BCUT2D eigenvalue weighted by Gasteiger charge is 2.38. The molecular formula is C21H14ClF3N4O2. The average molecular weight is 447 g/mol. The molecule has 0 saturated carbocycles. The van der Waals surface area contributed by atoms with Gasteiger partial charge in [-0.3, -0.25) is 0 Å². The van der Waals surface area contributed by atoms with Crippen molar-refractivity contribution in [2.24, 2.45) is 5.10 Å². The van der Waals surface area contributed by atoms with Gasteiger partial charge in [0.15, 0.2) is 5.82 Å². The van der Waals surface area contributed by atoms with E-state index in [9.17, 15) is 23.1 Å². The van der Waals surface area contributed by atoms with Gasteiger partial charge in [0.05, 0.1) is 12.3 Å². The summed E-state index contributed by atoms with van der Waals surface area (Å²) in [5, 5.41) is 15.6. The molecule has 31 heavy (non-hydrogen) atoms. The number of hydrazone groups is 1. The number of carbonyl (C=O) groups is 1. The first-order valence-corrected chi connectivity index (χ1v) is 9.46. The van der Waals surface area contributed by atoms with Gasteiger partial charge in [0.1, 0.15) is 5.56 Å². The number of aromatic carboxylic acids is 1. The van der Waals surface area contributed by atoms with Crippen LogP contribution in [0.15, 0.2) is 65.9 Å². The molecule has 0 fully saturated rings. The first kappa shape index (κ1) is 20.8. The molecule has 0 spiro atoms. The quantitative estimate of drug-likeness (QED) is 0.619. The number of rotatable bonds is 4. The normalized spacial score (nSPS) is 16.3. The van der Waals surface area contributed by atoms with E-state index in [4.69, 9.17) is 11.6 Å². The molecule has 6 nitrogen and oxygen atoms in total. The molecule has 0 radical (unpaired) electrons. The Morgan fingerprint density at radius 2 is 1.77 bits per heavy atom. The third kappa shape index (κ3) is 4.22. The zero-order valence-corrected chi connectivity index (χ0v) is 16.5. The minimum atomic E-state index is -4.83. The zero-order valence-electron chi connectivity index (χ0n) is 15.7. The van der Waals surface area contributed by atoms with Gasteiger partial charge in [-0.1, -0.05) is 54.1 Å². The van der Waals surface area contributed by atoms with Gasteiger partial charge in [-0.05, 0) is 23.3 Å². The van der Waals surface area contributed by atoms with Crippen molar-refractivity contribution >= 4 is 29.1 Å². The summed E-state index contributed by atoms with van der Waals surface area (Å²) < 4.78 is 39.5. The Morgan fingerprint density at radius 3 is 2.39 bits per heavy atom. The van der Waals surface area contributed by atoms with E-state index in [0.29, 0.717) is 22.5 Å². The molecule has 2 aromatic carbocycles. The molecular weight excluding hydrogens is 433 g/mol. The largest absolute Gasteiger partial charge is 0.477 e. The number of carboxylic acids is 1. The van der Waals surface area contributed by atoms with Crippen molar-refractivity contribution in [2.45, 2.75) is 12.1 Å². The van der Waals surface area contributed by atoms with E-state index >= 15 is 0 Å². The Kier molecular flexibility index (Phi) is 5.36. The first-order chi connectivity index (χ1) is 14.7. The second kappa shape index (κ2) is 7.99. The number of hydrogen-bond donors (Lipinski definition) is 1. The molecule has 1 aliphatic heterocycles. The predicted molar refractivity (Wildman–Crippen MR) is 109 cm³/mol. The lowest BCUT2D eigenvalue weighted by Gasteiger charge is -2.18. The smallest absolute Gasteiger partial charge is 0.451 e. The number of aromatic nitrogens is 2. The maximum Gasteiger partial charge on any atom is 0.451 e. The van der Waals surface area contributed by atoms with E-state index in [-0.39, 0.29) is 12.5 Å². The van der Waals surface area contributed by atoms with Crippen LogP contribution in [0.4, 0.5) is 19.0 Å². The summed E-state index contributed by atoms with van der Waals surface area (Å²) in [6, 6.07) is 16.1. The summed E-state index contributed by atoms with van der Waals surface area (Å²) in [6.45, 7) is 0.108. The van der Waals surface area contributed by atoms with Gasteiger partial charge < -0.3 is 5.11 Å². The lowest BCUT2D eigenvalue weighted by atomic mass is 9.91. The second-order valence-corrected chi connectivity index (χ2v) is 7.21. The number of alkyl halides is 3. The fraction of sp³-hybridized carbons (Fsp3) is 0.143. The molecule has 0 saturated heterocycles. The lowest BCUT2D eigenvalue weighted by Crippen LogP contribution is -2.23. The SMILES string of the molecule is O=C(O)c1cnc(C(F)(F)F)nc1N1C[C@H](c2ccccc2)C(c2ccc(Cl)cc2)=N1. The van der Waals surface area contributed by atoms with Crippen LogP contribution in [0.25, 0.3) is 0 Å². The van der Waals surface area contributed by atoms with E-state index < -0.39 is 29.4 Å². The van der Waals surface area contributed by atoms with Crippen LogP contribution in [0.5, 0.6) is 0 Å². The summed E-state index contributed by atoms with van der Waals surface area (Å²) in [5.41, 5.74) is 1.68. The van der Waals surface area contributed by atoms with Crippen molar-refractivity contribution in [3.05, 3.63) is 88.3 Å². The Bertz CT molecular complexity index is 1150. The highest BCUT2D eigenvalue weighted by atomic mass is 35.5. The van der Waals surface area contributed by atoms with Crippen LogP contribution in [0.3, 0.4) is 0 Å². The lowest BCUT2D eigenvalue weighted by molar-refractivity contribution is -0.144. The molecule has 0 aliphatic carbocycles. The minimum Gasteiger partial charge on any atom is -0.477 e. The van der Waals surface area contributed by atoms with Gasteiger partial charge in [0.2, 0.25) is 5.82 Å². The van der Waals surface area contributed by atoms with E-state index in [1.807, 2.05) is 30.3 Å². The van der Waals surface area contributed by atoms with Gasteiger partial charge in [-0.15, -0.1) is 0 Å². The van der Waals surface area contributed by atoms with Crippen LogP contribution >= 0.6 is 11.6 Å².